The molecule has 0 aromatic carbocycles. The third-order valence-electron chi connectivity index (χ3n) is 4.20. The van der Waals surface area contributed by atoms with Crippen molar-refractivity contribution < 1.29 is 4.79 Å². The van der Waals surface area contributed by atoms with Crippen molar-refractivity contribution in [2.75, 3.05) is 5.32 Å². The highest BCUT2D eigenvalue weighted by Gasteiger charge is 2.23. The van der Waals surface area contributed by atoms with Gasteiger partial charge in [0, 0.05) is 11.9 Å². The smallest absolute Gasteiger partial charge is 0.262 e. The second kappa shape index (κ2) is 7.09. The van der Waals surface area contributed by atoms with E-state index in [1.165, 1.54) is 33.1 Å². The summed E-state index contributed by atoms with van der Waals surface area (Å²) in [6.07, 6.45) is 4.04. The van der Waals surface area contributed by atoms with Gasteiger partial charge in [0.15, 0.2) is 0 Å². The molecule has 0 saturated carbocycles. The van der Waals surface area contributed by atoms with E-state index >= 15 is 0 Å². The molecule has 0 aliphatic rings. The minimum Gasteiger partial charge on any atom is -0.308 e. The monoisotopic (exact) mass is 370 g/mol. The first-order valence-corrected chi connectivity index (χ1v) is 9.04. The van der Waals surface area contributed by atoms with E-state index in [9.17, 15) is 9.59 Å². The lowest BCUT2D eigenvalue weighted by Gasteiger charge is -2.17. The number of aromatic nitrogens is 4. The highest BCUT2D eigenvalue weighted by molar-refractivity contribution is 7.18. The number of carbonyl (C=O) groups is 1. The van der Waals surface area contributed by atoms with E-state index in [0.717, 1.165) is 11.3 Å². The van der Waals surface area contributed by atoms with Crippen molar-refractivity contribution in [3.05, 3.63) is 39.4 Å². The van der Waals surface area contributed by atoms with Crippen molar-refractivity contribution in [1.29, 1.82) is 5.26 Å². The molecule has 0 radical (unpaired) electrons. The number of nitrogens with zero attached hydrogens (tertiary/aromatic N) is 5. The van der Waals surface area contributed by atoms with Gasteiger partial charge in [-0.25, -0.2) is 4.98 Å². The number of hydrogen-bond donors (Lipinski definition) is 1. The van der Waals surface area contributed by atoms with Crippen molar-refractivity contribution in [3.8, 4) is 6.07 Å². The summed E-state index contributed by atoms with van der Waals surface area (Å²) >= 11 is 1.49. The number of nitrogens with one attached hydrogen (secondary N) is 1. The SMILES string of the molecule is CCc1cc2c(=O)n(C(CC)C(=O)Nc3c(C#N)cnn3C)cnc2s1. The topological polar surface area (TPSA) is 106 Å². The maximum Gasteiger partial charge on any atom is 0.262 e. The van der Waals surface area contributed by atoms with Crippen LogP contribution in [0.4, 0.5) is 5.82 Å². The van der Waals surface area contributed by atoms with Crippen LogP contribution in [-0.2, 0) is 18.3 Å². The Morgan fingerprint density at radius 2 is 2.23 bits per heavy atom. The van der Waals surface area contributed by atoms with Gasteiger partial charge < -0.3 is 5.32 Å². The Kier molecular flexibility index (Phi) is 4.86. The van der Waals surface area contributed by atoms with E-state index in [0.29, 0.717) is 22.5 Å². The van der Waals surface area contributed by atoms with Crippen molar-refractivity contribution in [2.45, 2.75) is 32.7 Å². The fraction of sp³-hybridized carbons (Fsp3) is 0.353. The van der Waals surface area contributed by atoms with E-state index in [-0.39, 0.29) is 17.0 Å². The summed E-state index contributed by atoms with van der Waals surface area (Å²) in [5.41, 5.74) is 0.0283. The van der Waals surface area contributed by atoms with E-state index in [1.54, 1.807) is 7.05 Å². The summed E-state index contributed by atoms with van der Waals surface area (Å²) < 4.78 is 2.77. The molecule has 3 rings (SSSR count). The van der Waals surface area contributed by atoms with Crippen LogP contribution in [-0.4, -0.2) is 25.2 Å². The number of anilines is 1. The molecular weight excluding hydrogens is 352 g/mol. The number of amides is 1. The van der Waals surface area contributed by atoms with Crippen molar-refractivity contribution in [3.63, 3.8) is 0 Å². The van der Waals surface area contributed by atoms with Gasteiger partial charge in [0.25, 0.3) is 5.56 Å². The Bertz CT molecular complexity index is 1070. The van der Waals surface area contributed by atoms with Crippen LogP contribution in [0.1, 0.15) is 36.8 Å². The van der Waals surface area contributed by atoms with Crippen molar-refractivity contribution in [1.82, 2.24) is 19.3 Å². The zero-order chi connectivity index (χ0) is 18.8. The van der Waals surface area contributed by atoms with Crippen LogP contribution >= 0.6 is 11.3 Å². The maximum atomic E-state index is 12.8. The molecule has 9 heteroatoms. The molecule has 8 nitrogen and oxygen atoms in total. The van der Waals surface area contributed by atoms with Gasteiger partial charge in [-0.2, -0.15) is 10.4 Å². The predicted molar refractivity (Wildman–Crippen MR) is 99.1 cm³/mol. The zero-order valence-corrected chi connectivity index (χ0v) is 15.5. The normalized spacial score (nSPS) is 12.1. The van der Waals surface area contributed by atoms with Crippen LogP contribution in [0.2, 0.25) is 0 Å². The van der Waals surface area contributed by atoms with Gasteiger partial charge in [-0.05, 0) is 18.9 Å². The third kappa shape index (κ3) is 2.99. The number of fused-ring (bicyclic) bond motifs is 1. The summed E-state index contributed by atoms with van der Waals surface area (Å²) in [6.45, 7) is 3.84. The van der Waals surface area contributed by atoms with Crippen LogP contribution in [0.3, 0.4) is 0 Å². The van der Waals surface area contributed by atoms with Gasteiger partial charge >= 0.3 is 0 Å². The zero-order valence-electron chi connectivity index (χ0n) is 14.7. The fourth-order valence-corrected chi connectivity index (χ4v) is 3.68. The van der Waals surface area contributed by atoms with Gasteiger partial charge in [0.05, 0.1) is 17.9 Å². The lowest BCUT2D eigenvalue weighted by atomic mass is 10.2. The average Bonchev–Trinajstić information content (AvgIpc) is 3.22. The first kappa shape index (κ1) is 17.8. The second-order valence-electron chi connectivity index (χ2n) is 5.80. The highest BCUT2D eigenvalue weighted by atomic mass is 32.1. The van der Waals surface area contributed by atoms with Gasteiger partial charge in [-0.3, -0.25) is 18.8 Å². The molecule has 0 aliphatic carbocycles. The maximum absolute atomic E-state index is 12.8. The first-order chi connectivity index (χ1) is 12.5. The Balaban J connectivity index is 1.98. The minimum absolute atomic E-state index is 0.238. The molecule has 0 bridgehead atoms. The lowest BCUT2D eigenvalue weighted by molar-refractivity contribution is -0.119. The largest absolute Gasteiger partial charge is 0.308 e. The minimum atomic E-state index is -0.731. The molecule has 26 heavy (non-hydrogen) atoms. The second-order valence-corrected chi connectivity index (χ2v) is 6.91. The summed E-state index contributed by atoms with van der Waals surface area (Å²) in [4.78, 5) is 31.7. The van der Waals surface area contributed by atoms with Crippen LogP contribution in [0.5, 0.6) is 0 Å². The Labute approximate surface area is 153 Å². The van der Waals surface area contributed by atoms with Crippen LogP contribution in [0.15, 0.2) is 23.4 Å². The van der Waals surface area contributed by atoms with Crippen LogP contribution < -0.4 is 10.9 Å². The van der Waals surface area contributed by atoms with Gasteiger partial charge in [-0.15, -0.1) is 11.3 Å². The van der Waals surface area contributed by atoms with Crippen molar-refractivity contribution >= 4 is 33.3 Å². The number of rotatable bonds is 5. The molecule has 0 aliphatic heterocycles. The molecule has 0 fully saturated rings. The molecule has 0 spiro atoms. The average molecular weight is 370 g/mol. The van der Waals surface area contributed by atoms with Gasteiger partial charge in [-0.1, -0.05) is 13.8 Å². The van der Waals surface area contributed by atoms with Crippen LogP contribution in [0, 0.1) is 11.3 Å². The molecule has 3 aromatic rings. The Morgan fingerprint density at radius 1 is 1.46 bits per heavy atom. The number of hydrogen-bond acceptors (Lipinski definition) is 6. The molecule has 1 amide bonds. The Morgan fingerprint density at radius 3 is 2.88 bits per heavy atom. The third-order valence-corrected chi connectivity index (χ3v) is 5.39. The molecule has 0 saturated heterocycles. The summed E-state index contributed by atoms with van der Waals surface area (Å²) in [5, 5.41) is 16.3. The fourth-order valence-electron chi connectivity index (χ4n) is 2.76. The highest BCUT2D eigenvalue weighted by Crippen LogP contribution is 2.23. The predicted octanol–water partition coefficient (Wildman–Crippen LogP) is 2.22. The molecule has 3 aromatic heterocycles. The van der Waals surface area contributed by atoms with Crippen LogP contribution in [0.25, 0.3) is 10.2 Å². The summed E-state index contributed by atoms with van der Waals surface area (Å²) in [5.74, 6) is -0.0800. The van der Waals surface area contributed by atoms with Gasteiger partial charge in [0.1, 0.15) is 28.3 Å². The molecule has 134 valence electrons. The number of aryl methyl sites for hydroxylation is 2. The molecule has 3 heterocycles. The Hall–Kier alpha value is -2.99. The lowest BCUT2D eigenvalue weighted by Crippen LogP contribution is -2.33. The molecule has 1 atom stereocenters. The van der Waals surface area contributed by atoms with E-state index in [1.807, 2.05) is 26.0 Å². The van der Waals surface area contributed by atoms with Crippen molar-refractivity contribution in [2.24, 2.45) is 7.05 Å². The van der Waals surface area contributed by atoms with E-state index < -0.39 is 6.04 Å². The molecule has 1 unspecified atom stereocenters. The van der Waals surface area contributed by atoms with E-state index in [2.05, 4.69) is 15.4 Å². The standard InChI is InChI=1S/C17H18N6O2S/c1-4-11-6-12-16(26-11)19-9-23(17(12)25)13(5-2)15(24)21-14-10(7-18)8-20-22(14)3/h6,8-9,13H,4-5H2,1-3H3,(H,21,24). The van der Waals surface area contributed by atoms with Gasteiger partial charge in [0.2, 0.25) is 5.91 Å². The summed E-state index contributed by atoms with van der Waals surface area (Å²) in [6, 6.07) is 3.09. The number of thiophene rings is 1. The number of carbonyl (C=O) groups excluding carboxylic acids is 1. The quantitative estimate of drug-likeness (QED) is 0.741. The molecule has 1 N–H and O–H groups in total. The summed E-state index contributed by atoms with van der Waals surface area (Å²) in [7, 11) is 1.63. The number of nitriles is 1. The first-order valence-electron chi connectivity index (χ1n) is 8.22. The molecular formula is C17H18N6O2S. The van der Waals surface area contributed by atoms with E-state index in [4.69, 9.17) is 5.26 Å².